The Morgan fingerprint density at radius 1 is 0.906 bits per heavy atom. The number of hydrogen-bond acceptors (Lipinski definition) is 3. The third-order valence-corrected chi connectivity index (χ3v) is 9.51. The molecule has 1 aliphatic carbocycles. The van der Waals surface area contributed by atoms with E-state index in [2.05, 4.69) is 155 Å². The van der Waals surface area contributed by atoms with Crippen molar-refractivity contribution in [2.24, 2.45) is 16.6 Å². The van der Waals surface area contributed by atoms with Crippen LogP contribution in [-0.4, -0.2) is 13.3 Å². The lowest BCUT2D eigenvalue weighted by molar-refractivity contribution is 0.669. The highest BCUT2D eigenvalue weighted by atomic mass is 16.3. The fraction of sp³-hybridized carbons (Fsp3) is 0.220. The molecule has 1 aromatic heterocycles. The molecule has 2 atom stereocenters. The van der Waals surface area contributed by atoms with Crippen LogP contribution in [0.25, 0.3) is 44.2 Å². The number of furan rings is 1. The van der Waals surface area contributed by atoms with E-state index in [1.807, 2.05) is 45.1 Å². The van der Waals surface area contributed by atoms with E-state index >= 15 is 0 Å². The molecule has 3 nitrogen and oxygen atoms in total. The monoisotopic (exact) mass is 700 g/mol. The molecule has 1 heterocycles. The number of nitrogens with zero attached hydrogens (tertiary/aromatic N) is 1. The van der Waals surface area contributed by atoms with Crippen LogP contribution in [0.2, 0.25) is 0 Å². The zero-order valence-electron chi connectivity index (χ0n) is 32.5. The van der Waals surface area contributed by atoms with Gasteiger partial charge in [-0.25, -0.2) is 0 Å². The van der Waals surface area contributed by atoms with Gasteiger partial charge >= 0.3 is 0 Å². The number of allylic oxidation sites excluding steroid dienone is 9. The molecule has 2 unspecified atom stereocenters. The first-order valence-electron chi connectivity index (χ1n) is 18.8. The summed E-state index contributed by atoms with van der Waals surface area (Å²) >= 11 is 0. The molecule has 0 amide bonds. The van der Waals surface area contributed by atoms with Crippen LogP contribution in [0.3, 0.4) is 0 Å². The first-order chi connectivity index (χ1) is 25.8. The van der Waals surface area contributed by atoms with Crippen LogP contribution < -0.4 is 5.73 Å². The van der Waals surface area contributed by atoms with Crippen molar-refractivity contribution >= 4 is 28.7 Å². The predicted octanol–water partition coefficient (Wildman–Crippen LogP) is 14.0. The summed E-state index contributed by atoms with van der Waals surface area (Å²) in [6, 6.07) is 27.8. The molecule has 3 heteroatoms. The lowest BCUT2D eigenvalue weighted by atomic mass is 9.85. The third kappa shape index (κ3) is 9.49. The van der Waals surface area contributed by atoms with Crippen molar-refractivity contribution in [3.8, 4) is 22.3 Å². The summed E-state index contributed by atoms with van der Waals surface area (Å²) in [4.78, 5) is 4.41. The number of fused-ring (bicyclic) bond motifs is 3. The molecule has 0 spiro atoms. The largest absolute Gasteiger partial charge is 0.456 e. The molecule has 6 rings (SSSR count). The highest BCUT2D eigenvalue weighted by molar-refractivity contribution is 6.13. The van der Waals surface area contributed by atoms with Crippen LogP contribution >= 0.6 is 0 Å². The van der Waals surface area contributed by atoms with Crippen molar-refractivity contribution in [3.63, 3.8) is 0 Å². The minimum atomic E-state index is -0.217. The van der Waals surface area contributed by atoms with Gasteiger partial charge in [0, 0.05) is 23.2 Å². The van der Waals surface area contributed by atoms with E-state index in [0.717, 1.165) is 50.6 Å². The lowest BCUT2D eigenvalue weighted by Crippen LogP contribution is -2.07. The average Bonchev–Trinajstić information content (AvgIpc) is 3.56. The van der Waals surface area contributed by atoms with Gasteiger partial charge in [0.2, 0.25) is 0 Å². The fourth-order valence-electron chi connectivity index (χ4n) is 6.79. The van der Waals surface area contributed by atoms with E-state index in [9.17, 15) is 0 Å². The number of nitrogens with two attached hydrogens (primary N) is 1. The Labute approximate surface area is 318 Å². The van der Waals surface area contributed by atoms with Gasteiger partial charge in [-0.05, 0) is 102 Å². The van der Waals surface area contributed by atoms with Gasteiger partial charge in [0.1, 0.15) is 11.2 Å². The van der Waals surface area contributed by atoms with E-state index < -0.39 is 0 Å². The topological polar surface area (TPSA) is 51.5 Å². The molecule has 0 saturated carbocycles. The van der Waals surface area contributed by atoms with E-state index in [4.69, 9.17) is 10.2 Å². The molecule has 2 N–H and O–H groups in total. The zero-order chi connectivity index (χ0) is 38.3. The van der Waals surface area contributed by atoms with E-state index in [1.54, 1.807) is 6.08 Å². The minimum absolute atomic E-state index is 0.217. The summed E-state index contributed by atoms with van der Waals surface area (Å²) in [6.45, 7) is 24.9. The number of hydrogen-bond donors (Lipinski definition) is 1. The predicted molar refractivity (Wildman–Crippen MR) is 234 cm³/mol. The van der Waals surface area contributed by atoms with Gasteiger partial charge in [-0.2, -0.15) is 0 Å². The molecular formula is C50H56N2O. The first-order valence-corrected chi connectivity index (χ1v) is 18.8. The number of benzene rings is 4. The van der Waals surface area contributed by atoms with Crippen LogP contribution in [0, 0.1) is 12.8 Å². The second-order valence-electron chi connectivity index (χ2n) is 13.1. The van der Waals surface area contributed by atoms with Crippen molar-refractivity contribution in [2.75, 3.05) is 6.54 Å². The van der Waals surface area contributed by atoms with Gasteiger partial charge in [-0.15, -0.1) is 0 Å². The molecule has 0 saturated heterocycles. The Morgan fingerprint density at radius 2 is 1.66 bits per heavy atom. The van der Waals surface area contributed by atoms with Crippen LogP contribution in [0.15, 0.2) is 173 Å². The maximum absolute atomic E-state index is 6.52. The summed E-state index contributed by atoms with van der Waals surface area (Å²) in [5.74, 6) is 0.943. The standard InChI is InChI=1S/C39H33NO.C9H17N.C2H6/c1-5-14-27(6-2)39(40-4)30-18-12-17-29(24-30)32-21-13-22-36-38(32)35-23-26(3)34(25-37(35)41-36)33-20-11-10-19-31(33)28-15-8-7-9-16-28;1-4-5-6-9(7-10)8(2)3;1-2/h5-15,17-25,28,39H,1-2,4,16H2,3H3;4-6,8H,7,10H2,1-3H3;1-2H3/b27-14+;5-4-,9-6-;. The summed E-state index contributed by atoms with van der Waals surface area (Å²) < 4.78 is 6.52. The smallest absolute Gasteiger partial charge is 0.136 e. The van der Waals surface area contributed by atoms with Gasteiger partial charge in [-0.3, -0.25) is 4.99 Å². The van der Waals surface area contributed by atoms with Crippen molar-refractivity contribution in [1.29, 1.82) is 0 Å². The van der Waals surface area contributed by atoms with Crippen LogP contribution in [0.1, 0.15) is 69.7 Å². The highest BCUT2D eigenvalue weighted by Crippen LogP contribution is 2.42. The van der Waals surface area contributed by atoms with Crippen molar-refractivity contribution in [1.82, 2.24) is 0 Å². The van der Waals surface area contributed by atoms with Crippen LogP contribution in [-0.2, 0) is 0 Å². The van der Waals surface area contributed by atoms with Gasteiger partial charge in [0.25, 0.3) is 0 Å². The average molecular weight is 701 g/mol. The van der Waals surface area contributed by atoms with Crippen LogP contribution in [0.5, 0.6) is 0 Å². The molecule has 0 aliphatic heterocycles. The molecule has 0 fully saturated rings. The Balaban J connectivity index is 0.000000455. The van der Waals surface area contributed by atoms with Crippen molar-refractivity contribution < 1.29 is 4.42 Å². The van der Waals surface area contributed by atoms with Gasteiger partial charge in [0.15, 0.2) is 0 Å². The number of aryl methyl sites for hydroxylation is 1. The van der Waals surface area contributed by atoms with E-state index in [1.165, 1.54) is 27.8 Å². The second-order valence-corrected chi connectivity index (χ2v) is 13.1. The highest BCUT2D eigenvalue weighted by Gasteiger charge is 2.20. The van der Waals surface area contributed by atoms with Gasteiger partial charge in [0.05, 0.1) is 6.04 Å². The third-order valence-electron chi connectivity index (χ3n) is 9.51. The van der Waals surface area contributed by atoms with Gasteiger partial charge < -0.3 is 10.2 Å². The summed E-state index contributed by atoms with van der Waals surface area (Å²) in [5, 5.41) is 2.24. The van der Waals surface area contributed by atoms with Crippen molar-refractivity contribution in [2.45, 2.75) is 59.9 Å². The molecule has 5 aromatic rings. The SMILES string of the molecule is C/C=C\C=C(\CN)C(C)C.C=C/C=C(\C=C)C(N=C)c1cccc(-c2cccc3oc4cc(-c5ccccc5C5C=CC=CC5)c(C)cc4c23)c1.CC. The van der Waals surface area contributed by atoms with E-state index in [0.29, 0.717) is 18.4 Å². The number of rotatable bonds is 11. The maximum Gasteiger partial charge on any atom is 0.136 e. The second kappa shape index (κ2) is 19.9. The molecule has 272 valence electrons. The molecule has 53 heavy (non-hydrogen) atoms. The Bertz CT molecular complexity index is 2180. The molecular weight excluding hydrogens is 645 g/mol. The molecule has 1 aliphatic rings. The first kappa shape index (κ1) is 40.3. The maximum atomic E-state index is 6.52. The minimum Gasteiger partial charge on any atom is -0.456 e. The number of aliphatic imine (C=N–C) groups is 1. The van der Waals surface area contributed by atoms with E-state index in [-0.39, 0.29) is 6.04 Å². The summed E-state index contributed by atoms with van der Waals surface area (Å²) in [7, 11) is 0. The molecule has 0 radical (unpaired) electrons. The summed E-state index contributed by atoms with van der Waals surface area (Å²) in [5.41, 5.74) is 17.9. The Morgan fingerprint density at radius 3 is 2.32 bits per heavy atom. The van der Waals surface area contributed by atoms with Crippen molar-refractivity contribution in [3.05, 3.63) is 181 Å². The lowest BCUT2D eigenvalue weighted by Gasteiger charge is -2.19. The normalized spacial score (nSPS) is 14.8. The quantitative estimate of drug-likeness (QED) is 0.110. The van der Waals surface area contributed by atoms with Crippen LogP contribution in [0.4, 0.5) is 0 Å². The Kier molecular flexibility index (Phi) is 15.1. The fourth-order valence-corrected chi connectivity index (χ4v) is 6.79. The molecule has 4 aromatic carbocycles. The summed E-state index contributed by atoms with van der Waals surface area (Å²) in [6.07, 6.45) is 21.5. The Hall–Kier alpha value is -5.51. The molecule has 0 bridgehead atoms. The van der Waals surface area contributed by atoms with Gasteiger partial charge in [-0.1, -0.05) is 162 Å². The zero-order valence-corrected chi connectivity index (χ0v) is 32.5.